The molecule has 33 heavy (non-hydrogen) atoms. The molecule has 1 aliphatic heterocycles. The minimum Gasteiger partial charge on any atom is -0.465 e. The SMILES string of the molecule is C[C@]1(CNC(=O)c2ccc(-c3cn[nH]c3)nc2NCCc2cccc(F)c2)CCN1C(=O)O. The molecule has 0 saturated carbocycles. The fraction of sp³-hybridized carbons (Fsp3) is 0.304. The van der Waals surface area contributed by atoms with Crippen LogP contribution in [-0.2, 0) is 6.42 Å². The van der Waals surface area contributed by atoms with E-state index >= 15 is 0 Å². The van der Waals surface area contributed by atoms with Gasteiger partial charge < -0.3 is 20.6 Å². The molecule has 172 valence electrons. The first-order chi connectivity index (χ1) is 15.9. The predicted octanol–water partition coefficient (Wildman–Crippen LogP) is 3.14. The summed E-state index contributed by atoms with van der Waals surface area (Å²) in [5, 5.41) is 22.0. The lowest BCUT2D eigenvalue weighted by molar-refractivity contribution is 0.0129. The fourth-order valence-electron chi connectivity index (χ4n) is 3.83. The molecular formula is C23H25FN6O3. The van der Waals surface area contributed by atoms with E-state index in [1.807, 2.05) is 13.0 Å². The highest BCUT2D eigenvalue weighted by molar-refractivity contribution is 5.99. The van der Waals surface area contributed by atoms with Crippen LogP contribution in [0.1, 0.15) is 29.3 Å². The van der Waals surface area contributed by atoms with Crippen LogP contribution in [0.15, 0.2) is 48.8 Å². The van der Waals surface area contributed by atoms with E-state index in [0.29, 0.717) is 43.0 Å². The number of H-pyrrole nitrogens is 1. The van der Waals surface area contributed by atoms with Crippen LogP contribution >= 0.6 is 0 Å². The zero-order valence-electron chi connectivity index (χ0n) is 18.1. The third-order valence-electron chi connectivity index (χ3n) is 5.92. The molecule has 2 amide bonds. The van der Waals surface area contributed by atoms with Crippen molar-refractivity contribution in [3.05, 3.63) is 65.7 Å². The Bertz CT molecular complexity index is 1150. The molecule has 1 atom stereocenters. The number of nitrogens with zero attached hydrogens (tertiary/aromatic N) is 3. The van der Waals surface area contributed by atoms with E-state index in [4.69, 9.17) is 0 Å². The van der Waals surface area contributed by atoms with Crippen molar-refractivity contribution in [2.45, 2.75) is 25.3 Å². The van der Waals surface area contributed by atoms with Crippen LogP contribution in [0.3, 0.4) is 0 Å². The fourth-order valence-corrected chi connectivity index (χ4v) is 3.83. The number of hydrogen-bond donors (Lipinski definition) is 4. The molecule has 1 aromatic carbocycles. The number of carbonyl (C=O) groups excluding carboxylic acids is 1. The smallest absolute Gasteiger partial charge is 0.407 e. The van der Waals surface area contributed by atoms with Gasteiger partial charge in [-0.25, -0.2) is 14.2 Å². The average molecular weight is 452 g/mol. The molecule has 4 N–H and O–H groups in total. The molecule has 3 heterocycles. The van der Waals surface area contributed by atoms with Gasteiger partial charge in [0.2, 0.25) is 0 Å². The number of halogens is 1. The first kappa shape index (κ1) is 22.3. The average Bonchev–Trinajstić information content (AvgIpc) is 3.31. The van der Waals surface area contributed by atoms with Crippen LogP contribution in [0, 0.1) is 5.82 Å². The van der Waals surface area contributed by atoms with Gasteiger partial charge in [0.25, 0.3) is 5.91 Å². The van der Waals surface area contributed by atoms with E-state index < -0.39 is 11.6 Å². The molecule has 0 unspecified atom stereocenters. The van der Waals surface area contributed by atoms with Crippen molar-refractivity contribution in [1.29, 1.82) is 0 Å². The zero-order valence-corrected chi connectivity index (χ0v) is 18.1. The van der Waals surface area contributed by atoms with Crippen molar-refractivity contribution in [3.63, 3.8) is 0 Å². The van der Waals surface area contributed by atoms with Crippen LogP contribution in [-0.4, -0.2) is 62.4 Å². The molecular weight excluding hydrogens is 427 g/mol. The minimum atomic E-state index is -0.996. The van der Waals surface area contributed by atoms with E-state index in [-0.39, 0.29) is 18.3 Å². The first-order valence-electron chi connectivity index (χ1n) is 10.6. The number of aromatic amines is 1. The van der Waals surface area contributed by atoms with E-state index in [0.717, 1.165) is 11.1 Å². The van der Waals surface area contributed by atoms with Crippen molar-refractivity contribution in [2.24, 2.45) is 0 Å². The minimum absolute atomic E-state index is 0.199. The Morgan fingerprint density at radius 3 is 2.82 bits per heavy atom. The molecule has 4 rings (SSSR count). The number of nitrogens with one attached hydrogen (secondary N) is 3. The molecule has 0 spiro atoms. The molecule has 1 aliphatic rings. The molecule has 0 bridgehead atoms. The number of carboxylic acid groups (broad SMARTS) is 1. The normalized spacial score (nSPS) is 17.3. The van der Waals surface area contributed by atoms with Gasteiger partial charge in [0, 0.05) is 31.4 Å². The first-order valence-corrected chi connectivity index (χ1v) is 10.6. The number of rotatable bonds is 8. The molecule has 10 heteroatoms. The number of anilines is 1. The van der Waals surface area contributed by atoms with Crippen LogP contribution < -0.4 is 10.6 Å². The monoisotopic (exact) mass is 452 g/mol. The van der Waals surface area contributed by atoms with Gasteiger partial charge in [-0.05, 0) is 49.6 Å². The summed E-state index contributed by atoms with van der Waals surface area (Å²) in [6.07, 6.45) is 3.56. The molecule has 1 fully saturated rings. The maximum Gasteiger partial charge on any atom is 0.407 e. The Hall–Kier alpha value is -3.95. The van der Waals surface area contributed by atoms with Gasteiger partial charge in [0.15, 0.2) is 0 Å². The predicted molar refractivity (Wildman–Crippen MR) is 120 cm³/mol. The second-order valence-corrected chi connectivity index (χ2v) is 8.25. The van der Waals surface area contributed by atoms with Crippen molar-refractivity contribution in [1.82, 2.24) is 25.4 Å². The molecule has 2 aromatic heterocycles. The molecule has 3 aromatic rings. The lowest BCUT2D eigenvalue weighted by Gasteiger charge is -2.48. The number of pyridine rings is 1. The van der Waals surface area contributed by atoms with Crippen molar-refractivity contribution in [3.8, 4) is 11.3 Å². The highest BCUT2D eigenvalue weighted by Crippen LogP contribution is 2.29. The lowest BCUT2D eigenvalue weighted by atomic mass is 9.87. The zero-order chi connectivity index (χ0) is 23.4. The lowest BCUT2D eigenvalue weighted by Crippen LogP contribution is -2.64. The summed E-state index contributed by atoms with van der Waals surface area (Å²) in [5.74, 6) is -0.267. The Morgan fingerprint density at radius 1 is 1.30 bits per heavy atom. The van der Waals surface area contributed by atoms with Crippen LogP contribution in [0.5, 0.6) is 0 Å². The van der Waals surface area contributed by atoms with Gasteiger partial charge >= 0.3 is 6.09 Å². The number of aromatic nitrogens is 3. The second-order valence-electron chi connectivity index (χ2n) is 8.25. The van der Waals surface area contributed by atoms with Gasteiger partial charge in [-0.3, -0.25) is 9.89 Å². The Morgan fingerprint density at radius 2 is 2.15 bits per heavy atom. The number of hydrogen-bond acceptors (Lipinski definition) is 5. The van der Waals surface area contributed by atoms with Gasteiger partial charge in [-0.2, -0.15) is 5.10 Å². The topological polar surface area (TPSA) is 123 Å². The number of carbonyl (C=O) groups is 2. The summed E-state index contributed by atoms with van der Waals surface area (Å²) >= 11 is 0. The summed E-state index contributed by atoms with van der Waals surface area (Å²) < 4.78 is 13.5. The van der Waals surface area contributed by atoms with Crippen molar-refractivity contribution < 1.29 is 19.1 Å². The molecule has 0 radical (unpaired) electrons. The van der Waals surface area contributed by atoms with Crippen LogP contribution in [0.4, 0.5) is 15.0 Å². The molecule has 1 saturated heterocycles. The summed E-state index contributed by atoms with van der Waals surface area (Å²) in [6, 6.07) is 9.75. The summed E-state index contributed by atoms with van der Waals surface area (Å²) in [4.78, 5) is 30.2. The van der Waals surface area contributed by atoms with Gasteiger partial charge in [0.05, 0.1) is 23.0 Å². The summed E-state index contributed by atoms with van der Waals surface area (Å²) in [7, 11) is 0. The largest absolute Gasteiger partial charge is 0.465 e. The van der Waals surface area contributed by atoms with Gasteiger partial charge in [-0.1, -0.05) is 12.1 Å². The highest BCUT2D eigenvalue weighted by atomic mass is 19.1. The van der Waals surface area contributed by atoms with Gasteiger partial charge in [-0.15, -0.1) is 0 Å². The van der Waals surface area contributed by atoms with Crippen LogP contribution in [0.25, 0.3) is 11.3 Å². The third-order valence-corrected chi connectivity index (χ3v) is 5.92. The maximum atomic E-state index is 13.5. The van der Waals surface area contributed by atoms with E-state index in [2.05, 4.69) is 25.8 Å². The van der Waals surface area contributed by atoms with Crippen molar-refractivity contribution >= 4 is 17.8 Å². The molecule has 9 nitrogen and oxygen atoms in total. The number of likely N-dealkylation sites (tertiary alicyclic amines) is 1. The van der Waals surface area contributed by atoms with E-state index in [1.54, 1.807) is 30.6 Å². The highest BCUT2D eigenvalue weighted by Gasteiger charge is 2.43. The summed E-state index contributed by atoms with van der Waals surface area (Å²) in [6.45, 7) is 2.90. The second kappa shape index (κ2) is 9.27. The Balaban J connectivity index is 1.49. The number of amides is 2. The van der Waals surface area contributed by atoms with Gasteiger partial charge in [0.1, 0.15) is 11.6 Å². The van der Waals surface area contributed by atoms with Crippen molar-refractivity contribution in [2.75, 3.05) is 25.0 Å². The maximum absolute atomic E-state index is 13.5. The van der Waals surface area contributed by atoms with E-state index in [1.165, 1.54) is 17.0 Å². The molecule has 0 aliphatic carbocycles. The third kappa shape index (κ3) is 4.94. The summed E-state index contributed by atoms with van der Waals surface area (Å²) in [5.41, 5.74) is 1.94. The quantitative estimate of drug-likeness (QED) is 0.416. The van der Waals surface area contributed by atoms with E-state index in [9.17, 15) is 19.1 Å². The standard InChI is InChI=1S/C23H25FN6O3/c1-23(8-10-30(23)22(32)33)14-26-21(31)18-5-6-19(16-12-27-28-13-16)29-20(18)25-9-7-15-3-2-4-17(24)11-15/h2-6,11-13H,7-10,14H2,1H3,(H,25,29)(H,26,31)(H,27,28)(H,32,33)/t23-/m1/s1. The van der Waals surface area contributed by atoms with Crippen LogP contribution in [0.2, 0.25) is 0 Å². The Kier molecular flexibility index (Phi) is 6.25. The number of benzene rings is 1. The Labute approximate surface area is 190 Å².